The Bertz CT molecular complexity index is 552. The summed E-state index contributed by atoms with van der Waals surface area (Å²) < 4.78 is 6.98. The highest BCUT2D eigenvalue weighted by atomic mass is 79.9. The third kappa shape index (κ3) is 3.37. The normalized spacial score (nSPS) is 12.2. The van der Waals surface area contributed by atoms with E-state index in [0.29, 0.717) is 0 Å². The van der Waals surface area contributed by atoms with Gasteiger partial charge < -0.3 is 9.84 Å². The molecule has 0 aliphatic heterocycles. The predicted molar refractivity (Wildman–Crippen MR) is 80.3 cm³/mol. The van der Waals surface area contributed by atoms with Gasteiger partial charge in [0.15, 0.2) is 0 Å². The molecule has 3 heteroatoms. The van der Waals surface area contributed by atoms with Crippen molar-refractivity contribution in [3.05, 3.63) is 63.6 Å². The molecule has 0 spiro atoms. The fourth-order valence-electron chi connectivity index (χ4n) is 2.05. The molecule has 2 aromatic carbocycles. The van der Waals surface area contributed by atoms with Crippen molar-refractivity contribution in [1.82, 2.24) is 0 Å². The van der Waals surface area contributed by atoms with E-state index in [1.54, 1.807) is 0 Å². The van der Waals surface area contributed by atoms with E-state index < -0.39 is 0 Å². The minimum atomic E-state index is -0.0497. The molecular formula is C16H17BrO2. The molecule has 0 heterocycles. The van der Waals surface area contributed by atoms with Crippen LogP contribution in [0.4, 0.5) is 0 Å². The minimum absolute atomic E-state index is 0.0306. The van der Waals surface area contributed by atoms with Gasteiger partial charge in [-0.15, -0.1) is 0 Å². The maximum Gasteiger partial charge on any atom is 0.128 e. The first kappa shape index (κ1) is 14.1. The Morgan fingerprint density at radius 3 is 2.53 bits per heavy atom. The van der Waals surface area contributed by atoms with Gasteiger partial charge in [-0.25, -0.2) is 0 Å². The maximum absolute atomic E-state index is 9.45. The molecule has 0 saturated carbocycles. The first-order valence-corrected chi connectivity index (χ1v) is 7.02. The predicted octanol–water partition coefficient (Wildman–Crippen LogP) is 4.39. The Kier molecular flexibility index (Phi) is 4.61. The smallest absolute Gasteiger partial charge is 0.128 e. The molecule has 2 nitrogen and oxygen atoms in total. The van der Waals surface area contributed by atoms with Gasteiger partial charge in [-0.1, -0.05) is 46.3 Å². The number of rotatable bonds is 4. The molecule has 0 aliphatic carbocycles. The molecular weight excluding hydrogens is 304 g/mol. The number of hydrogen-bond acceptors (Lipinski definition) is 2. The third-order valence-electron chi connectivity index (χ3n) is 3.05. The van der Waals surface area contributed by atoms with Crippen molar-refractivity contribution in [3.8, 4) is 5.75 Å². The number of benzene rings is 2. The Balaban J connectivity index is 2.28. The van der Waals surface area contributed by atoms with E-state index in [-0.39, 0.29) is 12.7 Å². The van der Waals surface area contributed by atoms with E-state index in [1.807, 2.05) is 56.3 Å². The second-order valence-corrected chi connectivity index (χ2v) is 5.46. The monoisotopic (exact) mass is 320 g/mol. The number of ether oxygens (including phenoxy) is 1. The topological polar surface area (TPSA) is 29.5 Å². The van der Waals surface area contributed by atoms with E-state index >= 15 is 0 Å². The molecule has 100 valence electrons. The van der Waals surface area contributed by atoms with Gasteiger partial charge in [-0.2, -0.15) is 0 Å². The zero-order chi connectivity index (χ0) is 13.8. The number of aliphatic hydroxyl groups is 1. The summed E-state index contributed by atoms with van der Waals surface area (Å²) in [6, 6.07) is 13.9. The van der Waals surface area contributed by atoms with E-state index in [9.17, 15) is 5.11 Å². The second-order valence-electron chi connectivity index (χ2n) is 4.54. The summed E-state index contributed by atoms with van der Waals surface area (Å²) >= 11 is 3.43. The zero-order valence-electron chi connectivity index (χ0n) is 11.1. The number of aliphatic hydroxyl groups excluding tert-OH is 1. The van der Waals surface area contributed by atoms with Crippen LogP contribution >= 0.6 is 15.9 Å². The maximum atomic E-state index is 9.45. The van der Waals surface area contributed by atoms with Crippen molar-refractivity contribution < 1.29 is 9.84 Å². The zero-order valence-corrected chi connectivity index (χ0v) is 12.6. The average Bonchev–Trinajstić information content (AvgIpc) is 2.42. The van der Waals surface area contributed by atoms with Crippen LogP contribution in [0.5, 0.6) is 5.75 Å². The molecule has 1 atom stereocenters. The first-order valence-electron chi connectivity index (χ1n) is 6.23. The lowest BCUT2D eigenvalue weighted by atomic mass is 10.1. The summed E-state index contributed by atoms with van der Waals surface area (Å²) in [6.45, 7) is 3.96. The van der Waals surface area contributed by atoms with Gasteiger partial charge in [-0.05, 0) is 37.1 Å². The molecule has 2 rings (SSSR count). The molecule has 2 aromatic rings. The summed E-state index contributed by atoms with van der Waals surface area (Å²) in [6.07, 6.45) is -0.0497. The van der Waals surface area contributed by atoms with Crippen molar-refractivity contribution >= 4 is 15.9 Å². The molecule has 0 aromatic heterocycles. The molecule has 19 heavy (non-hydrogen) atoms. The summed E-state index contributed by atoms with van der Waals surface area (Å²) in [5, 5.41) is 9.45. The Hall–Kier alpha value is -1.32. The van der Waals surface area contributed by atoms with Crippen molar-refractivity contribution in [2.75, 3.05) is 0 Å². The fourth-order valence-corrected chi connectivity index (χ4v) is 2.67. The lowest BCUT2D eigenvalue weighted by molar-refractivity contribution is 0.211. The second kappa shape index (κ2) is 6.22. The Morgan fingerprint density at radius 1 is 1.21 bits per heavy atom. The lowest BCUT2D eigenvalue weighted by Crippen LogP contribution is -2.06. The van der Waals surface area contributed by atoms with Crippen molar-refractivity contribution in [1.29, 1.82) is 0 Å². The van der Waals surface area contributed by atoms with Crippen LogP contribution in [0.2, 0.25) is 0 Å². The standard InChI is InChI=1S/C16H17BrO2/c1-11-8-15(17)9-14(10-18)16(11)19-12(2)13-6-4-3-5-7-13/h3-9,12,18H,10H2,1-2H3. The van der Waals surface area contributed by atoms with E-state index in [0.717, 1.165) is 26.9 Å². The van der Waals surface area contributed by atoms with Crippen molar-refractivity contribution in [3.63, 3.8) is 0 Å². The number of hydrogen-bond donors (Lipinski definition) is 1. The van der Waals surface area contributed by atoms with Gasteiger partial charge in [0.05, 0.1) is 6.61 Å². The van der Waals surface area contributed by atoms with Gasteiger partial charge >= 0.3 is 0 Å². The van der Waals surface area contributed by atoms with Crippen LogP contribution in [-0.2, 0) is 6.61 Å². The number of halogens is 1. The molecule has 1 N–H and O–H groups in total. The Morgan fingerprint density at radius 2 is 1.89 bits per heavy atom. The summed E-state index contributed by atoms with van der Waals surface area (Å²) in [7, 11) is 0. The summed E-state index contributed by atoms with van der Waals surface area (Å²) in [4.78, 5) is 0. The van der Waals surface area contributed by atoms with E-state index in [4.69, 9.17) is 4.74 Å². The SMILES string of the molecule is Cc1cc(Br)cc(CO)c1OC(C)c1ccccc1. The molecule has 0 fully saturated rings. The quantitative estimate of drug-likeness (QED) is 0.905. The average molecular weight is 321 g/mol. The van der Waals surface area contributed by atoms with Gasteiger partial charge in [0.25, 0.3) is 0 Å². The van der Waals surface area contributed by atoms with Crippen molar-refractivity contribution in [2.24, 2.45) is 0 Å². The Labute approximate surface area is 122 Å². The molecule has 0 saturated heterocycles. The van der Waals surface area contributed by atoms with Crippen LogP contribution in [0.1, 0.15) is 29.7 Å². The molecule has 0 aliphatic rings. The van der Waals surface area contributed by atoms with Crippen molar-refractivity contribution in [2.45, 2.75) is 26.6 Å². The van der Waals surface area contributed by atoms with Crippen LogP contribution < -0.4 is 4.74 Å². The molecule has 1 unspecified atom stereocenters. The highest BCUT2D eigenvalue weighted by molar-refractivity contribution is 9.10. The lowest BCUT2D eigenvalue weighted by Gasteiger charge is -2.19. The molecule has 0 amide bonds. The molecule has 0 bridgehead atoms. The van der Waals surface area contributed by atoms with Crippen LogP contribution in [0.25, 0.3) is 0 Å². The van der Waals surface area contributed by atoms with Gasteiger partial charge in [0, 0.05) is 10.0 Å². The van der Waals surface area contributed by atoms with Crippen LogP contribution in [0, 0.1) is 6.92 Å². The third-order valence-corrected chi connectivity index (χ3v) is 3.51. The summed E-state index contributed by atoms with van der Waals surface area (Å²) in [5.74, 6) is 0.766. The minimum Gasteiger partial charge on any atom is -0.485 e. The highest BCUT2D eigenvalue weighted by Crippen LogP contribution is 2.31. The van der Waals surface area contributed by atoms with Crippen LogP contribution in [-0.4, -0.2) is 5.11 Å². The molecule has 0 radical (unpaired) electrons. The van der Waals surface area contributed by atoms with Crippen LogP contribution in [0.3, 0.4) is 0 Å². The van der Waals surface area contributed by atoms with Gasteiger partial charge in [0.2, 0.25) is 0 Å². The first-order chi connectivity index (χ1) is 9.11. The van der Waals surface area contributed by atoms with Crippen LogP contribution in [0.15, 0.2) is 46.9 Å². The van der Waals surface area contributed by atoms with E-state index in [2.05, 4.69) is 15.9 Å². The fraction of sp³-hybridized carbons (Fsp3) is 0.250. The van der Waals surface area contributed by atoms with Gasteiger partial charge in [0.1, 0.15) is 11.9 Å². The summed E-state index contributed by atoms with van der Waals surface area (Å²) in [5.41, 5.74) is 2.93. The van der Waals surface area contributed by atoms with E-state index in [1.165, 1.54) is 0 Å². The largest absolute Gasteiger partial charge is 0.485 e. The number of aryl methyl sites for hydroxylation is 1. The highest BCUT2D eigenvalue weighted by Gasteiger charge is 2.13. The van der Waals surface area contributed by atoms with Gasteiger partial charge in [-0.3, -0.25) is 0 Å².